The van der Waals surface area contributed by atoms with Gasteiger partial charge in [-0.1, -0.05) is 55.3 Å². The number of unbranched alkanes of at least 4 members (excludes halogenated alkanes) is 1. The Morgan fingerprint density at radius 3 is 2.55 bits per heavy atom. The van der Waals surface area contributed by atoms with Crippen molar-refractivity contribution in [2.45, 2.75) is 50.6 Å². The third kappa shape index (κ3) is 4.80. The number of fused-ring (bicyclic) bond motifs is 1. The number of hydrogen-bond donors (Lipinski definition) is 0. The maximum absolute atomic E-state index is 14.2. The van der Waals surface area contributed by atoms with Gasteiger partial charge in [0.25, 0.3) is 5.91 Å². The van der Waals surface area contributed by atoms with E-state index in [0.29, 0.717) is 17.1 Å². The summed E-state index contributed by atoms with van der Waals surface area (Å²) in [6, 6.07) is 15.1. The van der Waals surface area contributed by atoms with Crippen LogP contribution in [0.15, 0.2) is 48.5 Å². The van der Waals surface area contributed by atoms with Crippen molar-refractivity contribution in [3.8, 4) is 0 Å². The minimum Gasteiger partial charge on any atom is -0.342 e. The topological polar surface area (TPSA) is 43.9 Å². The van der Waals surface area contributed by atoms with Crippen LogP contribution in [-0.4, -0.2) is 66.3 Å². The number of benzene rings is 2. The molecule has 2 aliphatic heterocycles. The lowest BCUT2D eigenvalue weighted by Gasteiger charge is -2.44. The molecule has 2 unspecified atom stereocenters. The third-order valence-electron chi connectivity index (χ3n) is 7.23. The number of carbonyl (C=O) groups is 2. The quantitative estimate of drug-likeness (QED) is 0.602. The molecule has 5 nitrogen and oxygen atoms in total. The number of rotatable bonds is 6. The van der Waals surface area contributed by atoms with Crippen molar-refractivity contribution in [1.82, 2.24) is 14.7 Å². The van der Waals surface area contributed by atoms with Gasteiger partial charge in [-0.25, -0.2) is 0 Å². The Morgan fingerprint density at radius 1 is 1.12 bits per heavy atom. The molecule has 0 aliphatic carbocycles. The molecule has 2 aliphatic rings. The van der Waals surface area contributed by atoms with E-state index in [1.165, 1.54) is 0 Å². The number of likely N-dealkylation sites (N-methyl/N-ethyl adjacent to an activating group) is 1. The molecule has 6 heteroatoms. The molecule has 0 N–H and O–H groups in total. The number of piperidine rings is 1. The zero-order valence-corrected chi connectivity index (χ0v) is 20.6. The van der Waals surface area contributed by atoms with E-state index >= 15 is 0 Å². The van der Waals surface area contributed by atoms with Gasteiger partial charge in [0.1, 0.15) is 0 Å². The van der Waals surface area contributed by atoms with E-state index < -0.39 is 5.92 Å². The molecule has 2 atom stereocenters. The molecule has 0 bridgehead atoms. The van der Waals surface area contributed by atoms with Gasteiger partial charge < -0.3 is 14.7 Å². The molecule has 2 heterocycles. The Labute approximate surface area is 202 Å². The van der Waals surface area contributed by atoms with E-state index in [2.05, 4.69) is 18.9 Å². The van der Waals surface area contributed by atoms with E-state index in [1.807, 2.05) is 65.4 Å². The lowest BCUT2D eigenvalue weighted by atomic mass is 9.78. The summed E-state index contributed by atoms with van der Waals surface area (Å²) in [6.45, 7) is 4.71. The second-order valence-corrected chi connectivity index (χ2v) is 9.84. The van der Waals surface area contributed by atoms with E-state index in [-0.39, 0.29) is 23.9 Å². The predicted molar refractivity (Wildman–Crippen MR) is 133 cm³/mol. The van der Waals surface area contributed by atoms with Crippen molar-refractivity contribution in [2.75, 3.05) is 33.7 Å². The minimum atomic E-state index is -0.459. The summed E-state index contributed by atoms with van der Waals surface area (Å²) < 4.78 is 0. The number of carbonyl (C=O) groups excluding carboxylic acids is 2. The minimum absolute atomic E-state index is 0.00461. The SMILES string of the molecule is CCCCN1C(=O)c2ccccc2C(C(=O)N(C)C2CCN(C)CC2)C1c1cccc(Cl)c1. The monoisotopic (exact) mass is 467 g/mol. The Morgan fingerprint density at radius 2 is 1.85 bits per heavy atom. The zero-order valence-electron chi connectivity index (χ0n) is 19.8. The number of halogens is 1. The van der Waals surface area contributed by atoms with Gasteiger partial charge in [-0.05, 0) is 68.7 Å². The fourth-order valence-electron chi connectivity index (χ4n) is 5.28. The van der Waals surface area contributed by atoms with Gasteiger partial charge in [0.15, 0.2) is 0 Å². The van der Waals surface area contributed by atoms with Crippen molar-refractivity contribution in [3.63, 3.8) is 0 Å². The van der Waals surface area contributed by atoms with E-state index in [4.69, 9.17) is 11.6 Å². The normalized spacial score (nSPS) is 21.7. The summed E-state index contributed by atoms with van der Waals surface area (Å²) in [7, 11) is 4.06. The lowest BCUT2D eigenvalue weighted by Crippen LogP contribution is -2.51. The fourth-order valence-corrected chi connectivity index (χ4v) is 5.47. The second-order valence-electron chi connectivity index (χ2n) is 9.40. The van der Waals surface area contributed by atoms with E-state index in [9.17, 15) is 9.59 Å². The van der Waals surface area contributed by atoms with Gasteiger partial charge in [0.05, 0.1) is 12.0 Å². The van der Waals surface area contributed by atoms with Crippen LogP contribution in [0.3, 0.4) is 0 Å². The maximum atomic E-state index is 14.2. The first kappa shape index (κ1) is 23.8. The Kier molecular flexibility index (Phi) is 7.40. The molecule has 4 rings (SSSR count). The largest absolute Gasteiger partial charge is 0.342 e. The molecule has 0 radical (unpaired) electrons. The lowest BCUT2D eigenvalue weighted by molar-refractivity contribution is -0.136. The van der Waals surface area contributed by atoms with Crippen LogP contribution in [0.25, 0.3) is 0 Å². The second kappa shape index (κ2) is 10.3. The average Bonchev–Trinajstić information content (AvgIpc) is 2.83. The molecule has 2 amide bonds. The summed E-state index contributed by atoms with van der Waals surface area (Å²) in [4.78, 5) is 34.0. The molecule has 2 aromatic rings. The zero-order chi connectivity index (χ0) is 23.5. The van der Waals surface area contributed by atoms with Crippen molar-refractivity contribution in [1.29, 1.82) is 0 Å². The Balaban J connectivity index is 1.79. The van der Waals surface area contributed by atoms with Crippen LogP contribution >= 0.6 is 11.6 Å². The Bertz CT molecular complexity index is 1000. The fraction of sp³-hybridized carbons (Fsp3) is 0.481. The number of likely N-dealkylation sites (tertiary alicyclic amines) is 1. The van der Waals surface area contributed by atoms with Gasteiger partial charge in [-0.3, -0.25) is 9.59 Å². The summed E-state index contributed by atoms with van der Waals surface area (Å²) in [6.07, 6.45) is 3.79. The molecular weight excluding hydrogens is 434 g/mol. The van der Waals surface area contributed by atoms with Crippen molar-refractivity contribution in [2.24, 2.45) is 0 Å². The number of hydrogen-bond acceptors (Lipinski definition) is 3. The van der Waals surface area contributed by atoms with E-state index in [0.717, 1.165) is 49.9 Å². The van der Waals surface area contributed by atoms with Gasteiger partial charge in [-0.2, -0.15) is 0 Å². The summed E-state index contributed by atoms with van der Waals surface area (Å²) in [5.41, 5.74) is 2.38. The first-order valence-corrected chi connectivity index (χ1v) is 12.4. The standard InChI is InChI=1S/C27H34ClN3O2/c1-4-5-15-31-25(19-9-8-10-20(28)18-19)24(22-11-6-7-12-23(22)26(31)32)27(33)30(3)21-13-16-29(2)17-14-21/h6-12,18,21,24-25H,4-5,13-17H2,1-3H3. The molecule has 176 valence electrons. The summed E-state index contributed by atoms with van der Waals surface area (Å²) in [5.74, 6) is -0.384. The van der Waals surface area contributed by atoms with Crippen LogP contribution < -0.4 is 0 Å². The van der Waals surface area contributed by atoms with E-state index in [1.54, 1.807) is 0 Å². The van der Waals surface area contributed by atoms with Crippen LogP contribution in [0.1, 0.15) is 66.1 Å². The van der Waals surface area contributed by atoms with Crippen molar-refractivity contribution < 1.29 is 9.59 Å². The van der Waals surface area contributed by atoms with Crippen molar-refractivity contribution in [3.05, 3.63) is 70.2 Å². The highest BCUT2D eigenvalue weighted by molar-refractivity contribution is 6.30. The molecular formula is C27H34ClN3O2. The summed E-state index contributed by atoms with van der Waals surface area (Å²) in [5, 5.41) is 0.615. The molecule has 0 aromatic heterocycles. The highest BCUT2D eigenvalue weighted by Crippen LogP contribution is 2.44. The van der Waals surface area contributed by atoms with Crippen molar-refractivity contribution >= 4 is 23.4 Å². The predicted octanol–water partition coefficient (Wildman–Crippen LogP) is 4.97. The maximum Gasteiger partial charge on any atom is 0.254 e. The highest BCUT2D eigenvalue weighted by atomic mass is 35.5. The van der Waals surface area contributed by atoms with Crippen LogP contribution in [-0.2, 0) is 4.79 Å². The molecule has 0 saturated carbocycles. The number of nitrogens with zero attached hydrogens (tertiary/aromatic N) is 3. The first-order valence-electron chi connectivity index (χ1n) is 12.0. The molecule has 2 aromatic carbocycles. The Hall–Kier alpha value is -2.37. The molecule has 33 heavy (non-hydrogen) atoms. The van der Waals surface area contributed by atoms with Gasteiger partial charge in [0.2, 0.25) is 5.91 Å². The van der Waals surface area contributed by atoms with Gasteiger partial charge in [-0.15, -0.1) is 0 Å². The number of amides is 2. The smallest absolute Gasteiger partial charge is 0.254 e. The highest BCUT2D eigenvalue weighted by Gasteiger charge is 2.45. The van der Waals surface area contributed by atoms with Gasteiger partial charge in [0, 0.05) is 30.2 Å². The molecule has 1 fully saturated rings. The molecule has 1 saturated heterocycles. The van der Waals surface area contributed by atoms with Crippen LogP contribution in [0.5, 0.6) is 0 Å². The average molecular weight is 468 g/mol. The molecule has 0 spiro atoms. The van der Waals surface area contributed by atoms with Gasteiger partial charge >= 0.3 is 0 Å². The van der Waals surface area contributed by atoms with Crippen LogP contribution in [0.2, 0.25) is 5.02 Å². The third-order valence-corrected chi connectivity index (χ3v) is 7.47. The van der Waals surface area contributed by atoms with Crippen LogP contribution in [0, 0.1) is 0 Å². The summed E-state index contributed by atoms with van der Waals surface area (Å²) >= 11 is 6.37. The first-order chi connectivity index (χ1) is 15.9. The van der Waals surface area contributed by atoms with Crippen LogP contribution in [0.4, 0.5) is 0 Å².